The number of aryl methyl sites for hydroxylation is 1. The Kier molecular flexibility index (Phi) is 3.94. The lowest BCUT2D eigenvalue weighted by molar-refractivity contribution is -0.128. The number of carbonyl (C=O) groups is 1. The van der Waals surface area contributed by atoms with Gasteiger partial charge in [0.15, 0.2) is 5.82 Å². The molecule has 7 heteroatoms. The van der Waals surface area contributed by atoms with E-state index in [0.717, 1.165) is 23.6 Å². The van der Waals surface area contributed by atoms with Crippen molar-refractivity contribution < 1.29 is 9.53 Å². The van der Waals surface area contributed by atoms with Crippen LogP contribution in [0.4, 0.5) is 5.69 Å². The van der Waals surface area contributed by atoms with Gasteiger partial charge < -0.3 is 15.4 Å². The summed E-state index contributed by atoms with van der Waals surface area (Å²) in [5, 5.41) is 12.9. The standard InChI is InChI=1S/C14H17N5O2/c1-9-16-13(19-18-9)10-2-4-11(5-3-10)17-14(20)12-8-15-6-7-21-12/h2-5,12,15H,6-8H2,1H3,(H,17,20)(H,16,18,19). The molecule has 1 aliphatic heterocycles. The summed E-state index contributed by atoms with van der Waals surface area (Å²) < 4.78 is 5.41. The molecule has 3 rings (SSSR count). The number of aromatic amines is 1. The number of benzene rings is 1. The number of hydrogen-bond acceptors (Lipinski definition) is 5. The van der Waals surface area contributed by atoms with E-state index in [1.165, 1.54) is 0 Å². The number of morpholine rings is 1. The number of rotatable bonds is 3. The minimum Gasteiger partial charge on any atom is -0.366 e. The lowest BCUT2D eigenvalue weighted by Gasteiger charge is -2.22. The molecule has 2 heterocycles. The average Bonchev–Trinajstić information content (AvgIpc) is 2.95. The Hall–Kier alpha value is -2.25. The summed E-state index contributed by atoms with van der Waals surface area (Å²) >= 11 is 0. The lowest BCUT2D eigenvalue weighted by Crippen LogP contribution is -2.45. The first kappa shape index (κ1) is 13.7. The molecule has 7 nitrogen and oxygen atoms in total. The molecule has 2 aromatic rings. The second-order valence-electron chi connectivity index (χ2n) is 4.87. The van der Waals surface area contributed by atoms with E-state index in [-0.39, 0.29) is 5.91 Å². The van der Waals surface area contributed by atoms with Gasteiger partial charge in [-0.3, -0.25) is 9.89 Å². The van der Waals surface area contributed by atoms with Crippen molar-refractivity contribution in [2.45, 2.75) is 13.0 Å². The van der Waals surface area contributed by atoms with Crippen LogP contribution in [0.2, 0.25) is 0 Å². The number of nitrogens with one attached hydrogen (secondary N) is 3. The second kappa shape index (κ2) is 6.02. The topological polar surface area (TPSA) is 91.9 Å². The molecule has 110 valence electrons. The maximum Gasteiger partial charge on any atom is 0.254 e. The zero-order valence-corrected chi connectivity index (χ0v) is 11.7. The second-order valence-corrected chi connectivity index (χ2v) is 4.87. The van der Waals surface area contributed by atoms with Crippen molar-refractivity contribution >= 4 is 11.6 Å². The third kappa shape index (κ3) is 3.26. The SMILES string of the molecule is Cc1nc(-c2ccc(NC(=O)C3CNCCO3)cc2)n[nH]1. The predicted molar refractivity (Wildman–Crippen MR) is 77.8 cm³/mol. The van der Waals surface area contributed by atoms with Gasteiger partial charge >= 0.3 is 0 Å². The lowest BCUT2D eigenvalue weighted by atomic mass is 10.2. The van der Waals surface area contributed by atoms with Crippen LogP contribution in [-0.2, 0) is 9.53 Å². The van der Waals surface area contributed by atoms with Gasteiger partial charge in [-0.05, 0) is 31.2 Å². The normalized spacial score (nSPS) is 18.4. The average molecular weight is 287 g/mol. The summed E-state index contributed by atoms with van der Waals surface area (Å²) in [6.07, 6.45) is -0.436. The fourth-order valence-electron chi connectivity index (χ4n) is 2.13. The smallest absolute Gasteiger partial charge is 0.254 e. The van der Waals surface area contributed by atoms with E-state index in [0.29, 0.717) is 19.0 Å². The summed E-state index contributed by atoms with van der Waals surface area (Å²) in [6.45, 7) is 3.74. The highest BCUT2D eigenvalue weighted by atomic mass is 16.5. The van der Waals surface area contributed by atoms with Crippen LogP contribution in [0.15, 0.2) is 24.3 Å². The van der Waals surface area contributed by atoms with E-state index in [1.54, 1.807) is 0 Å². The van der Waals surface area contributed by atoms with E-state index in [4.69, 9.17) is 4.74 Å². The Morgan fingerprint density at radius 1 is 1.38 bits per heavy atom. The van der Waals surface area contributed by atoms with Gasteiger partial charge in [0, 0.05) is 24.3 Å². The Morgan fingerprint density at radius 2 is 2.19 bits per heavy atom. The largest absolute Gasteiger partial charge is 0.366 e. The molecule has 1 fully saturated rings. The van der Waals surface area contributed by atoms with Crippen LogP contribution < -0.4 is 10.6 Å². The molecule has 1 saturated heterocycles. The fraction of sp³-hybridized carbons (Fsp3) is 0.357. The molecule has 0 aliphatic carbocycles. The molecular weight excluding hydrogens is 270 g/mol. The number of nitrogens with zero attached hydrogens (tertiary/aromatic N) is 2. The van der Waals surface area contributed by atoms with Crippen LogP contribution in [0, 0.1) is 6.92 Å². The van der Waals surface area contributed by atoms with E-state index in [1.807, 2.05) is 31.2 Å². The highest BCUT2D eigenvalue weighted by Crippen LogP contribution is 2.18. The summed E-state index contributed by atoms with van der Waals surface area (Å²) in [5.41, 5.74) is 1.62. The number of anilines is 1. The molecule has 1 atom stereocenters. The third-order valence-corrected chi connectivity index (χ3v) is 3.23. The van der Waals surface area contributed by atoms with Crippen molar-refractivity contribution in [3.63, 3.8) is 0 Å². The third-order valence-electron chi connectivity index (χ3n) is 3.23. The van der Waals surface area contributed by atoms with Crippen LogP contribution >= 0.6 is 0 Å². The van der Waals surface area contributed by atoms with E-state index in [9.17, 15) is 4.79 Å². The van der Waals surface area contributed by atoms with Gasteiger partial charge in [-0.2, -0.15) is 5.10 Å². The maximum absolute atomic E-state index is 12.0. The molecule has 1 amide bonds. The molecule has 0 bridgehead atoms. The van der Waals surface area contributed by atoms with Crippen molar-refractivity contribution in [3.05, 3.63) is 30.1 Å². The van der Waals surface area contributed by atoms with Crippen LogP contribution in [0.3, 0.4) is 0 Å². The van der Waals surface area contributed by atoms with Gasteiger partial charge in [0.2, 0.25) is 0 Å². The van der Waals surface area contributed by atoms with Crippen LogP contribution in [0.25, 0.3) is 11.4 Å². The molecular formula is C14H17N5O2. The fourth-order valence-corrected chi connectivity index (χ4v) is 2.13. The minimum atomic E-state index is -0.436. The van der Waals surface area contributed by atoms with Gasteiger partial charge in [0.05, 0.1) is 6.61 Å². The summed E-state index contributed by atoms with van der Waals surface area (Å²) in [7, 11) is 0. The summed E-state index contributed by atoms with van der Waals surface area (Å²) in [4.78, 5) is 16.3. The minimum absolute atomic E-state index is 0.135. The van der Waals surface area contributed by atoms with Gasteiger partial charge in [-0.15, -0.1) is 0 Å². The molecule has 0 spiro atoms. The predicted octanol–water partition coefficient (Wildman–Crippen LogP) is 0.707. The number of aromatic nitrogens is 3. The number of H-pyrrole nitrogens is 1. The van der Waals surface area contributed by atoms with Crippen LogP contribution in [0.5, 0.6) is 0 Å². The first-order valence-electron chi connectivity index (χ1n) is 6.85. The van der Waals surface area contributed by atoms with Gasteiger partial charge in [-0.25, -0.2) is 4.98 Å². The number of hydrogen-bond donors (Lipinski definition) is 3. The monoisotopic (exact) mass is 287 g/mol. The van der Waals surface area contributed by atoms with Crippen LogP contribution in [-0.4, -0.2) is 46.9 Å². The van der Waals surface area contributed by atoms with E-state index >= 15 is 0 Å². The van der Waals surface area contributed by atoms with E-state index < -0.39 is 6.10 Å². The van der Waals surface area contributed by atoms with E-state index in [2.05, 4.69) is 25.8 Å². The van der Waals surface area contributed by atoms with Crippen molar-refractivity contribution in [1.29, 1.82) is 0 Å². The molecule has 1 unspecified atom stereocenters. The van der Waals surface area contributed by atoms with Crippen molar-refractivity contribution in [1.82, 2.24) is 20.5 Å². The van der Waals surface area contributed by atoms with Gasteiger partial charge in [-0.1, -0.05) is 0 Å². The Bertz CT molecular complexity index is 617. The Labute approximate surface area is 122 Å². The summed E-state index contributed by atoms with van der Waals surface area (Å²) in [5.74, 6) is 1.28. The van der Waals surface area contributed by atoms with Crippen molar-refractivity contribution in [2.24, 2.45) is 0 Å². The molecule has 1 aromatic carbocycles. The molecule has 21 heavy (non-hydrogen) atoms. The van der Waals surface area contributed by atoms with Gasteiger partial charge in [0.25, 0.3) is 5.91 Å². The molecule has 1 aliphatic rings. The molecule has 1 aromatic heterocycles. The first-order valence-corrected chi connectivity index (χ1v) is 6.85. The van der Waals surface area contributed by atoms with Crippen molar-refractivity contribution in [3.8, 4) is 11.4 Å². The summed E-state index contributed by atoms with van der Waals surface area (Å²) in [6, 6.07) is 7.40. The zero-order chi connectivity index (χ0) is 14.7. The highest BCUT2D eigenvalue weighted by Gasteiger charge is 2.21. The van der Waals surface area contributed by atoms with Gasteiger partial charge in [0.1, 0.15) is 11.9 Å². The zero-order valence-electron chi connectivity index (χ0n) is 11.7. The number of carbonyl (C=O) groups excluding carboxylic acids is 1. The highest BCUT2D eigenvalue weighted by molar-refractivity contribution is 5.94. The van der Waals surface area contributed by atoms with Crippen LogP contribution in [0.1, 0.15) is 5.82 Å². The molecule has 3 N–H and O–H groups in total. The van der Waals surface area contributed by atoms with Crippen molar-refractivity contribution in [2.75, 3.05) is 25.0 Å². The Balaban J connectivity index is 1.65. The first-order chi connectivity index (χ1) is 10.2. The molecule has 0 saturated carbocycles. The quantitative estimate of drug-likeness (QED) is 0.773. The Morgan fingerprint density at radius 3 is 2.81 bits per heavy atom. The maximum atomic E-state index is 12.0. The number of ether oxygens (including phenoxy) is 1. The molecule has 0 radical (unpaired) electrons. The number of amides is 1.